The van der Waals surface area contributed by atoms with Gasteiger partial charge in [-0.3, -0.25) is 14.6 Å². The fourth-order valence-corrected chi connectivity index (χ4v) is 5.33. The molecular formula is C29H42N2O3. The summed E-state index contributed by atoms with van der Waals surface area (Å²) in [6, 6.07) is 14.1. The summed E-state index contributed by atoms with van der Waals surface area (Å²) in [5.41, 5.74) is 1.15. The minimum absolute atomic E-state index is 0.0296. The molecule has 0 spiro atoms. The van der Waals surface area contributed by atoms with Crippen molar-refractivity contribution in [2.75, 3.05) is 32.8 Å². The van der Waals surface area contributed by atoms with Crippen LogP contribution in [0, 0.1) is 0 Å². The molecule has 0 saturated carbocycles. The normalized spacial score (nSPS) is 13.7. The van der Waals surface area contributed by atoms with Crippen LogP contribution in [0.1, 0.15) is 60.3 Å². The summed E-state index contributed by atoms with van der Waals surface area (Å²) in [6.45, 7) is 16.2. The number of likely N-dealkylation sites (N-methyl/N-ethyl adjacent to an activating group) is 2. The molecule has 0 amide bonds. The van der Waals surface area contributed by atoms with Crippen LogP contribution >= 0.6 is 0 Å². The molecule has 0 radical (unpaired) electrons. The number of benzene rings is 2. The Balaban J connectivity index is 1.77. The van der Waals surface area contributed by atoms with E-state index >= 15 is 0 Å². The Bertz CT molecular complexity index is 1090. The van der Waals surface area contributed by atoms with Crippen LogP contribution in [-0.4, -0.2) is 54.7 Å². The van der Waals surface area contributed by atoms with Crippen LogP contribution in [0.4, 0.5) is 0 Å². The molecule has 2 unspecified atom stereocenters. The molecule has 2 atom stereocenters. The minimum atomic E-state index is -0.0296. The maximum absolute atomic E-state index is 13.2. The molecule has 34 heavy (non-hydrogen) atoms. The summed E-state index contributed by atoms with van der Waals surface area (Å²) in [7, 11) is 0. The standard InChI is InChI=1S/C29H42N2O3/c1-6-15-23(30(7-2)8-3)24(31(9-4)10-5)17-14-21-33-26-19-13-20-27-28(26)29(32)22-16-11-12-18-25(22)34-27/h11-13,16,18-20,23-24H,6-10,14-15,17,21H2,1-5H3. The van der Waals surface area contributed by atoms with Crippen LogP contribution in [0.2, 0.25) is 0 Å². The largest absolute Gasteiger partial charge is 0.493 e. The lowest BCUT2D eigenvalue weighted by atomic mass is 9.95. The Morgan fingerprint density at radius 1 is 0.794 bits per heavy atom. The lowest BCUT2D eigenvalue weighted by molar-refractivity contribution is 0.0740. The molecule has 1 aromatic heterocycles. The average Bonchev–Trinajstić information content (AvgIpc) is 2.86. The third kappa shape index (κ3) is 5.81. The molecule has 0 bridgehead atoms. The van der Waals surface area contributed by atoms with Gasteiger partial charge in [-0.05, 0) is 69.7 Å². The van der Waals surface area contributed by atoms with Crippen LogP contribution in [0.25, 0.3) is 21.9 Å². The van der Waals surface area contributed by atoms with E-state index in [1.165, 1.54) is 12.8 Å². The second kappa shape index (κ2) is 12.9. The van der Waals surface area contributed by atoms with E-state index in [0.29, 0.717) is 46.4 Å². The topological polar surface area (TPSA) is 45.9 Å². The Morgan fingerprint density at radius 2 is 1.41 bits per heavy atom. The number of ether oxygens (including phenoxy) is 1. The smallest absolute Gasteiger partial charge is 0.204 e. The molecule has 0 aliphatic heterocycles. The Labute approximate surface area is 204 Å². The van der Waals surface area contributed by atoms with Gasteiger partial charge in [0.1, 0.15) is 22.3 Å². The van der Waals surface area contributed by atoms with E-state index in [-0.39, 0.29) is 5.43 Å². The van der Waals surface area contributed by atoms with Gasteiger partial charge >= 0.3 is 0 Å². The van der Waals surface area contributed by atoms with E-state index in [0.717, 1.165) is 39.0 Å². The van der Waals surface area contributed by atoms with Crippen molar-refractivity contribution in [1.29, 1.82) is 0 Å². The van der Waals surface area contributed by atoms with Gasteiger partial charge in [0.15, 0.2) is 0 Å². The molecule has 0 N–H and O–H groups in total. The number of para-hydroxylation sites is 1. The van der Waals surface area contributed by atoms with Crippen molar-refractivity contribution < 1.29 is 9.15 Å². The second-order valence-corrected chi connectivity index (χ2v) is 8.91. The number of hydrogen-bond acceptors (Lipinski definition) is 5. The van der Waals surface area contributed by atoms with Crippen molar-refractivity contribution in [3.63, 3.8) is 0 Å². The van der Waals surface area contributed by atoms with Gasteiger partial charge in [-0.2, -0.15) is 0 Å². The fourth-order valence-electron chi connectivity index (χ4n) is 5.33. The highest BCUT2D eigenvalue weighted by atomic mass is 16.5. The fraction of sp³-hybridized carbons (Fsp3) is 0.552. The highest BCUT2D eigenvalue weighted by Gasteiger charge is 2.28. The van der Waals surface area contributed by atoms with Gasteiger partial charge in [-0.25, -0.2) is 0 Å². The zero-order chi connectivity index (χ0) is 24.5. The molecule has 3 rings (SSSR count). The van der Waals surface area contributed by atoms with Crippen LogP contribution < -0.4 is 10.2 Å². The van der Waals surface area contributed by atoms with Crippen molar-refractivity contribution in [2.45, 2.75) is 72.4 Å². The molecule has 3 aromatic rings. The highest BCUT2D eigenvalue weighted by molar-refractivity contribution is 5.93. The molecule has 0 aliphatic carbocycles. The molecule has 0 aliphatic rings. The number of fused-ring (bicyclic) bond motifs is 2. The summed E-state index contributed by atoms with van der Waals surface area (Å²) in [6.07, 6.45) is 4.42. The Kier molecular flexibility index (Phi) is 9.97. The van der Waals surface area contributed by atoms with Gasteiger partial charge in [0.25, 0.3) is 0 Å². The quantitative estimate of drug-likeness (QED) is 0.205. The molecule has 5 nitrogen and oxygen atoms in total. The number of hydrogen-bond donors (Lipinski definition) is 0. The third-order valence-electron chi connectivity index (χ3n) is 7.06. The van der Waals surface area contributed by atoms with Gasteiger partial charge in [0.2, 0.25) is 5.43 Å². The SMILES string of the molecule is CCCC(C(CCCOc1cccc2oc3ccccc3c(=O)c12)N(CC)CC)N(CC)CC. The maximum atomic E-state index is 13.2. The second-order valence-electron chi connectivity index (χ2n) is 8.91. The molecule has 0 saturated heterocycles. The van der Waals surface area contributed by atoms with Crippen LogP contribution in [0.15, 0.2) is 51.7 Å². The lowest BCUT2D eigenvalue weighted by Crippen LogP contribution is -2.52. The number of rotatable bonds is 14. The van der Waals surface area contributed by atoms with Crippen molar-refractivity contribution in [3.8, 4) is 5.75 Å². The van der Waals surface area contributed by atoms with E-state index < -0.39 is 0 Å². The monoisotopic (exact) mass is 466 g/mol. The van der Waals surface area contributed by atoms with Crippen molar-refractivity contribution in [2.24, 2.45) is 0 Å². The first kappa shape index (κ1) is 26.2. The predicted molar refractivity (Wildman–Crippen MR) is 143 cm³/mol. The van der Waals surface area contributed by atoms with Gasteiger partial charge < -0.3 is 9.15 Å². The first-order chi connectivity index (χ1) is 16.6. The van der Waals surface area contributed by atoms with Gasteiger partial charge in [0.05, 0.1) is 12.0 Å². The predicted octanol–water partition coefficient (Wildman–Crippen LogP) is 6.33. The van der Waals surface area contributed by atoms with Crippen LogP contribution in [0.3, 0.4) is 0 Å². The zero-order valence-corrected chi connectivity index (χ0v) is 21.7. The van der Waals surface area contributed by atoms with E-state index in [2.05, 4.69) is 44.4 Å². The van der Waals surface area contributed by atoms with E-state index in [1.807, 2.05) is 42.5 Å². The van der Waals surface area contributed by atoms with E-state index in [9.17, 15) is 4.79 Å². The molecule has 5 heteroatoms. The summed E-state index contributed by atoms with van der Waals surface area (Å²) in [4.78, 5) is 18.4. The summed E-state index contributed by atoms with van der Waals surface area (Å²) in [5.74, 6) is 0.616. The molecule has 186 valence electrons. The van der Waals surface area contributed by atoms with E-state index in [1.54, 1.807) is 0 Å². The summed E-state index contributed by atoms with van der Waals surface area (Å²) < 4.78 is 12.2. The summed E-state index contributed by atoms with van der Waals surface area (Å²) >= 11 is 0. The third-order valence-corrected chi connectivity index (χ3v) is 7.06. The minimum Gasteiger partial charge on any atom is -0.493 e. The average molecular weight is 467 g/mol. The number of nitrogens with zero attached hydrogens (tertiary/aromatic N) is 2. The lowest BCUT2D eigenvalue weighted by Gasteiger charge is -2.41. The van der Waals surface area contributed by atoms with Crippen molar-refractivity contribution in [1.82, 2.24) is 9.80 Å². The Hall–Kier alpha value is -2.37. The van der Waals surface area contributed by atoms with E-state index in [4.69, 9.17) is 9.15 Å². The molecule has 2 aromatic carbocycles. The van der Waals surface area contributed by atoms with Crippen LogP contribution in [0.5, 0.6) is 5.75 Å². The molecule has 0 fully saturated rings. The molecule has 1 heterocycles. The summed E-state index contributed by atoms with van der Waals surface area (Å²) in [5, 5.41) is 1.13. The van der Waals surface area contributed by atoms with Crippen LogP contribution in [-0.2, 0) is 0 Å². The Morgan fingerprint density at radius 3 is 2.06 bits per heavy atom. The van der Waals surface area contributed by atoms with Gasteiger partial charge in [-0.1, -0.05) is 59.2 Å². The maximum Gasteiger partial charge on any atom is 0.204 e. The first-order valence-electron chi connectivity index (χ1n) is 13.1. The first-order valence-corrected chi connectivity index (χ1v) is 13.1. The van der Waals surface area contributed by atoms with Crippen molar-refractivity contribution in [3.05, 3.63) is 52.7 Å². The highest BCUT2D eigenvalue weighted by Crippen LogP contribution is 2.27. The molecular weight excluding hydrogens is 424 g/mol. The zero-order valence-electron chi connectivity index (χ0n) is 21.7. The van der Waals surface area contributed by atoms with Gasteiger partial charge in [-0.15, -0.1) is 0 Å². The van der Waals surface area contributed by atoms with Gasteiger partial charge in [0, 0.05) is 12.1 Å². The van der Waals surface area contributed by atoms with Crippen molar-refractivity contribution >= 4 is 21.9 Å².